The number of hydrogen-bond acceptors (Lipinski definition) is 6. The van der Waals surface area contributed by atoms with Crippen LogP contribution < -0.4 is 4.74 Å². The zero-order chi connectivity index (χ0) is 16.4. The molecule has 6 nitrogen and oxygen atoms in total. The fourth-order valence-electron chi connectivity index (χ4n) is 2.91. The molecule has 1 saturated heterocycles. The van der Waals surface area contributed by atoms with Crippen LogP contribution in [0.25, 0.3) is 10.2 Å². The Morgan fingerprint density at radius 3 is 3.12 bits per heavy atom. The molecule has 2 aromatic heterocycles. The lowest BCUT2D eigenvalue weighted by Crippen LogP contribution is -2.44. The predicted molar refractivity (Wildman–Crippen MR) is 91.2 cm³/mol. The molecule has 1 amide bonds. The van der Waals surface area contributed by atoms with Gasteiger partial charge in [0.05, 0.1) is 28.5 Å². The summed E-state index contributed by atoms with van der Waals surface area (Å²) in [4.78, 5) is 27.0. The van der Waals surface area contributed by atoms with Crippen molar-refractivity contribution in [3.8, 4) is 5.88 Å². The first-order valence-corrected chi connectivity index (χ1v) is 8.73. The largest absolute Gasteiger partial charge is 0.471 e. The molecule has 24 heavy (non-hydrogen) atoms. The van der Waals surface area contributed by atoms with Crippen LogP contribution in [-0.4, -0.2) is 45.0 Å². The molecule has 7 heteroatoms. The number of ether oxygens (including phenoxy) is 1. The molecule has 0 radical (unpaired) electrons. The number of thiazole rings is 1. The Morgan fingerprint density at radius 1 is 1.29 bits per heavy atom. The maximum absolute atomic E-state index is 12.8. The number of aromatic nitrogens is 3. The standard InChI is InChI=1S/C17H16N4O2S/c22-17(12-3-4-14-15(8-12)24-11-20-14)21-7-1-2-13(10-21)23-16-9-18-5-6-19-16/h3-6,8-9,11,13H,1-2,7,10H2. The number of carbonyl (C=O) groups is 1. The highest BCUT2D eigenvalue weighted by Crippen LogP contribution is 2.22. The normalized spacial score (nSPS) is 17.8. The van der Waals surface area contributed by atoms with E-state index in [0.717, 1.165) is 29.6 Å². The van der Waals surface area contributed by atoms with Crippen LogP contribution in [0.15, 0.2) is 42.3 Å². The molecule has 1 aliphatic rings. The quantitative estimate of drug-likeness (QED) is 0.733. The number of benzene rings is 1. The smallest absolute Gasteiger partial charge is 0.254 e. The highest BCUT2D eigenvalue weighted by Gasteiger charge is 2.26. The van der Waals surface area contributed by atoms with E-state index in [-0.39, 0.29) is 12.0 Å². The van der Waals surface area contributed by atoms with Crippen molar-refractivity contribution < 1.29 is 9.53 Å². The summed E-state index contributed by atoms with van der Waals surface area (Å²) in [5.74, 6) is 0.542. The average molecular weight is 340 g/mol. The molecule has 1 atom stereocenters. The van der Waals surface area contributed by atoms with Crippen molar-refractivity contribution in [1.82, 2.24) is 19.9 Å². The highest BCUT2D eigenvalue weighted by molar-refractivity contribution is 7.16. The van der Waals surface area contributed by atoms with Crippen LogP contribution in [0.3, 0.4) is 0 Å². The van der Waals surface area contributed by atoms with Crippen molar-refractivity contribution in [3.63, 3.8) is 0 Å². The lowest BCUT2D eigenvalue weighted by molar-refractivity contribution is 0.0527. The number of rotatable bonds is 3. The summed E-state index contributed by atoms with van der Waals surface area (Å²) in [6.07, 6.45) is 6.59. The van der Waals surface area contributed by atoms with Gasteiger partial charge in [0, 0.05) is 24.5 Å². The molecule has 1 fully saturated rings. The van der Waals surface area contributed by atoms with Crippen LogP contribution in [0.4, 0.5) is 0 Å². The summed E-state index contributed by atoms with van der Waals surface area (Å²) in [7, 11) is 0. The van der Waals surface area contributed by atoms with Gasteiger partial charge in [-0.2, -0.15) is 0 Å². The Balaban J connectivity index is 1.47. The van der Waals surface area contributed by atoms with Gasteiger partial charge < -0.3 is 9.64 Å². The van der Waals surface area contributed by atoms with E-state index >= 15 is 0 Å². The van der Waals surface area contributed by atoms with Crippen molar-refractivity contribution in [2.24, 2.45) is 0 Å². The number of amides is 1. The molecule has 0 N–H and O–H groups in total. The number of nitrogens with zero attached hydrogens (tertiary/aromatic N) is 4. The molecule has 3 aromatic rings. The highest BCUT2D eigenvalue weighted by atomic mass is 32.1. The van der Waals surface area contributed by atoms with Gasteiger partial charge in [-0.05, 0) is 31.0 Å². The van der Waals surface area contributed by atoms with E-state index in [1.807, 2.05) is 23.1 Å². The molecule has 0 saturated carbocycles. The molecule has 0 bridgehead atoms. The van der Waals surface area contributed by atoms with Crippen LogP contribution in [0.5, 0.6) is 5.88 Å². The minimum Gasteiger partial charge on any atom is -0.471 e. The molecule has 1 aliphatic heterocycles. The van der Waals surface area contributed by atoms with E-state index in [1.54, 1.807) is 35.4 Å². The second kappa shape index (κ2) is 6.52. The first-order chi connectivity index (χ1) is 11.8. The maximum atomic E-state index is 12.8. The molecule has 1 aromatic carbocycles. The number of fused-ring (bicyclic) bond motifs is 1. The predicted octanol–water partition coefficient (Wildman–Crippen LogP) is 2.77. The summed E-state index contributed by atoms with van der Waals surface area (Å²) in [5, 5.41) is 0. The number of carbonyl (C=O) groups excluding carboxylic acids is 1. The zero-order valence-electron chi connectivity index (χ0n) is 13.0. The lowest BCUT2D eigenvalue weighted by atomic mass is 10.1. The molecular weight excluding hydrogens is 324 g/mol. The summed E-state index contributed by atoms with van der Waals surface area (Å²) in [5.41, 5.74) is 3.43. The second-order valence-electron chi connectivity index (χ2n) is 5.71. The van der Waals surface area contributed by atoms with Crippen molar-refractivity contribution in [1.29, 1.82) is 0 Å². The Kier molecular flexibility index (Phi) is 4.08. The van der Waals surface area contributed by atoms with E-state index in [9.17, 15) is 4.79 Å². The van der Waals surface area contributed by atoms with Gasteiger partial charge in [0.1, 0.15) is 6.10 Å². The van der Waals surface area contributed by atoms with E-state index in [1.165, 1.54) is 0 Å². The molecule has 122 valence electrons. The van der Waals surface area contributed by atoms with E-state index in [4.69, 9.17) is 4.74 Å². The van der Waals surface area contributed by atoms with Crippen molar-refractivity contribution >= 4 is 27.5 Å². The SMILES string of the molecule is O=C(c1ccc2ncsc2c1)N1CCCC(Oc2cnccn2)C1. The zero-order valence-corrected chi connectivity index (χ0v) is 13.8. The van der Waals surface area contributed by atoms with E-state index in [0.29, 0.717) is 18.0 Å². The molecule has 4 rings (SSSR count). The molecule has 0 spiro atoms. The second-order valence-corrected chi connectivity index (χ2v) is 6.60. The third-order valence-electron chi connectivity index (χ3n) is 4.07. The van der Waals surface area contributed by atoms with Gasteiger partial charge in [-0.3, -0.25) is 9.78 Å². The Hall–Kier alpha value is -2.54. The first-order valence-electron chi connectivity index (χ1n) is 7.85. The van der Waals surface area contributed by atoms with Gasteiger partial charge in [-0.15, -0.1) is 11.3 Å². The van der Waals surface area contributed by atoms with Gasteiger partial charge in [-0.25, -0.2) is 9.97 Å². The van der Waals surface area contributed by atoms with Crippen molar-refractivity contribution in [2.75, 3.05) is 13.1 Å². The maximum Gasteiger partial charge on any atom is 0.254 e. The van der Waals surface area contributed by atoms with Crippen LogP contribution in [0.1, 0.15) is 23.2 Å². The summed E-state index contributed by atoms with van der Waals surface area (Å²) in [6.45, 7) is 1.32. The number of piperidine rings is 1. The first kappa shape index (κ1) is 15.0. The fourth-order valence-corrected chi connectivity index (χ4v) is 3.62. The number of hydrogen-bond donors (Lipinski definition) is 0. The molecule has 0 aliphatic carbocycles. The van der Waals surface area contributed by atoms with Crippen molar-refractivity contribution in [2.45, 2.75) is 18.9 Å². The van der Waals surface area contributed by atoms with E-state index < -0.39 is 0 Å². The van der Waals surface area contributed by atoms with Crippen LogP contribution >= 0.6 is 11.3 Å². The van der Waals surface area contributed by atoms with Crippen LogP contribution in [0, 0.1) is 0 Å². The lowest BCUT2D eigenvalue weighted by Gasteiger charge is -2.32. The summed E-state index contributed by atoms with van der Waals surface area (Å²) < 4.78 is 6.89. The summed E-state index contributed by atoms with van der Waals surface area (Å²) >= 11 is 1.55. The average Bonchev–Trinajstić information content (AvgIpc) is 3.10. The van der Waals surface area contributed by atoms with Gasteiger partial charge in [0.15, 0.2) is 0 Å². The topological polar surface area (TPSA) is 68.2 Å². The van der Waals surface area contributed by atoms with E-state index in [2.05, 4.69) is 15.0 Å². The molecular formula is C17H16N4O2S. The van der Waals surface area contributed by atoms with Crippen molar-refractivity contribution in [3.05, 3.63) is 47.9 Å². The van der Waals surface area contributed by atoms with Crippen LogP contribution in [0.2, 0.25) is 0 Å². The third-order valence-corrected chi connectivity index (χ3v) is 4.86. The molecule has 3 heterocycles. The Morgan fingerprint density at radius 2 is 2.25 bits per heavy atom. The Bertz CT molecular complexity index is 852. The summed E-state index contributed by atoms with van der Waals surface area (Å²) in [6, 6.07) is 5.66. The number of likely N-dealkylation sites (tertiary alicyclic amines) is 1. The third kappa shape index (κ3) is 3.07. The fraction of sp³-hybridized carbons (Fsp3) is 0.294. The van der Waals surface area contributed by atoms with Gasteiger partial charge in [-0.1, -0.05) is 0 Å². The minimum absolute atomic E-state index is 0.0396. The monoisotopic (exact) mass is 340 g/mol. The van der Waals surface area contributed by atoms with Gasteiger partial charge in [0.2, 0.25) is 5.88 Å². The minimum atomic E-state index is -0.0495. The van der Waals surface area contributed by atoms with Gasteiger partial charge in [0.25, 0.3) is 5.91 Å². The molecule has 1 unspecified atom stereocenters. The Labute approximate surface area is 143 Å². The van der Waals surface area contributed by atoms with Gasteiger partial charge >= 0.3 is 0 Å². The van der Waals surface area contributed by atoms with Crippen LogP contribution in [-0.2, 0) is 0 Å².